The number of carbonyl (C=O) groups is 4. The lowest BCUT2D eigenvalue weighted by Gasteiger charge is -2.12. The van der Waals surface area contributed by atoms with Crippen molar-refractivity contribution in [3.63, 3.8) is 0 Å². The number of ether oxygens (including phenoxy) is 6. The van der Waals surface area contributed by atoms with Gasteiger partial charge in [0.15, 0.2) is 11.6 Å². The summed E-state index contributed by atoms with van der Waals surface area (Å²) in [5.41, 5.74) is -0.0727. The van der Waals surface area contributed by atoms with E-state index in [0.717, 1.165) is 102 Å². The van der Waals surface area contributed by atoms with Gasteiger partial charge in [-0.3, -0.25) is 0 Å². The first-order valence-electron chi connectivity index (χ1n) is 19.3. The normalized spacial score (nSPS) is 10.6. The quantitative estimate of drug-likeness (QED) is 0.0231. The molecule has 308 valence electrons. The molecule has 3 aromatic carbocycles. The van der Waals surface area contributed by atoms with Crippen LogP contribution in [0, 0.1) is 17.5 Å². The standard InChI is InChI=1S/C44H51F3O10/c1-3-38(48)54-29-17-13-9-5-7-11-15-27-52-34-23-19-32(20-24-34)43(50)56-37-31-36(45)42(41(47)40(37)46)57-44(51)33-21-25-35(26-22-33)53-28-16-12-8-6-10-14-18-30-55-39(49)4-2/h3-4,19-26,31H,1-2,5-18,27-30H2. The van der Waals surface area contributed by atoms with Crippen molar-refractivity contribution >= 4 is 23.9 Å². The van der Waals surface area contributed by atoms with E-state index in [1.807, 2.05) is 0 Å². The average Bonchev–Trinajstić information content (AvgIpc) is 3.22. The molecule has 0 saturated heterocycles. The lowest BCUT2D eigenvalue weighted by atomic mass is 10.1. The third-order valence-corrected chi connectivity index (χ3v) is 8.60. The molecule has 3 aromatic rings. The molecule has 0 radical (unpaired) electrons. The van der Waals surface area contributed by atoms with Crippen LogP contribution in [-0.4, -0.2) is 50.3 Å². The predicted molar refractivity (Wildman–Crippen MR) is 207 cm³/mol. The van der Waals surface area contributed by atoms with Crippen molar-refractivity contribution in [1.29, 1.82) is 0 Å². The number of halogens is 3. The van der Waals surface area contributed by atoms with E-state index in [1.54, 1.807) is 0 Å². The van der Waals surface area contributed by atoms with Crippen LogP contribution in [0.5, 0.6) is 23.0 Å². The van der Waals surface area contributed by atoms with Gasteiger partial charge in [0.25, 0.3) is 0 Å². The zero-order valence-electron chi connectivity index (χ0n) is 32.2. The van der Waals surface area contributed by atoms with Gasteiger partial charge < -0.3 is 28.4 Å². The van der Waals surface area contributed by atoms with Crippen LogP contribution in [0.4, 0.5) is 13.2 Å². The summed E-state index contributed by atoms with van der Waals surface area (Å²) in [5.74, 6) is -9.34. The van der Waals surface area contributed by atoms with Crippen LogP contribution in [0.3, 0.4) is 0 Å². The van der Waals surface area contributed by atoms with Gasteiger partial charge in [0.1, 0.15) is 11.5 Å². The number of hydrogen-bond donors (Lipinski definition) is 0. The summed E-state index contributed by atoms with van der Waals surface area (Å²) >= 11 is 0. The molecule has 0 aliphatic carbocycles. The summed E-state index contributed by atoms with van der Waals surface area (Å²) in [7, 11) is 0. The molecular formula is C44H51F3O10. The van der Waals surface area contributed by atoms with E-state index >= 15 is 0 Å². The van der Waals surface area contributed by atoms with Crippen molar-refractivity contribution in [3.8, 4) is 23.0 Å². The Morgan fingerprint density at radius 2 is 0.860 bits per heavy atom. The molecule has 57 heavy (non-hydrogen) atoms. The zero-order valence-corrected chi connectivity index (χ0v) is 32.2. The third kappa shape index (κ3) is 17.4. The Kier molecular flexibility index (Phi) is 21.1. The van der Waals surface area contributed by atoms with Gasteiger partial charge in [-0.1, -0.05) is 77.4 Å². The van der Waals surface area contributed by atoms with Gasteiger partial charge in [-0.15, -0.1) is 0 Å². The van der Waals surface area contributed by atoms with Gasteiger partial charge in [0.2, 0.25) is 17.4 Å². The molecule has 3 rings (SSSR count). The van der Waals surface area contributed by atoms with Crippen LogP contribution in [-0.2, 0) is 19.1 Å². The number of benzene rings is 3. The molecular weight excluding hydrogens is 745 g/mol. The van der Waals surface area contributed by atoms with Crippen LogP contribution in [0.25, 0.3) is 0 Å². The first kappa shape index (κ1) is 45.8. The number of unbranched alkanes of at least 4 members (excludes halogenated alkanes) is 12. The van der Waals surface area contributed by atoms with Gasteiger partial charge in [-0.05, 0) is 74.2 Å². The fraction of sp³-hybridized carbons (Fsp3) is 0.409. The van der Waals surface area contributed by atoms with Crippen LogP contribution >= 0.6 is 0 Å². The van der Waals surface area contributed by atoms with Crippen molar-refractivity contribution in [1.82, 2.24) is 0 Å². The molecule has 0 bridgehead atoms. The highest BCUT2D eigenvalue weighted by molar-refractivity contribution is 5.92. The number of hydrogen-bond acceptors (Lipinski definition) is 10. The molecule has 13 heteroatoms. The second-order valence-corrected chi connectivity index (χ2v) is 13.0. The van der Waals surface area contributed by atoms with Gasteiger partial charge in [-0.25, -0.2) is 23.6 Å². The zero-order chi connectivity index (χ0) is 41.3. The smallest absolute Gasteiger partial charge is 0.343 e. The van der Waals surface area contributed by atoms with Crippen molar-refractivity contribution in [3.05, 3.63) is 108 Å². The van der Waals surface area contributed by atoms with Gasteiger partial charge in [0, 0.05) is 18.2 Å². The molecule has 0 heterocycles. The molecule has 0 aromatic heterocycles. The third-order valence-electron chi connectivity index (χ3n) is 8.60. The van der Waals surface area contributed by atoms with E-state index < -0.39 is 52.8 Å². The van der Waals surface area contributed by atoms with Crippen LogP contribution in [0.2, 0.25) is 0 Å². The monoisotopic (exact) mass is 796 g/mol. The molecule has 0 amide bonds. The molecule has 0 aliphatic heterocycles. The molecule has 10 nitrogen and oxygen atoms in total. The van der Waals surface area contributed by atoms with Crippen molar-refractivity contribution in [2.75, 3.05) is 26.4 Å². The molecule has 0 atom stereocenters. The summed E-state index contributed by atoms with van der Waals surface area (Å²) in [5, 5.41) is 0. The second kappa shape index (κ2) is 26.3. The maximum absolute atomic E-state index is 14.9. The van der Waals surface area contributed by atoms with Crippen LogP contribution in [0.15, 0.2) is 79.9 Å². The molecule has 0 aliphatic rings. The highest BCUT2D eigenvalue weighted by Gasteiger charge is 2.26. The maximum Gasteiger partial charge on any atom is 0.343 e. The van der Waals surface area contributed by atoms with Crippen LogP contribution in [0.1, 0.15) is 111 Å². The molecule has 0 spiro atoms. The molecule has 0 fully saturated rings. The first-order chi connectivity index (χ1) is 27.6. The summed E-state index contributed by atoms with van der Waals surface area (Å²) in [4.78, 5) is 47.3. The summed E-state index contributed by atoms with van der Waals surface area (Å²) in [6.07, 6.45) is 15.7. The van der Waals surface area contributed by atoms with Gasteiger partial charge in [-0.2, -0.15) is 8.78 Å². The first-order valence-corrected chi connectivity index (χ1v) is 19.3. The SMILES string of the molecule is C=CC(=O)OCCCCCCCCCOc1ccc(C(=O)Oc2cc(F)c(OC(=O)c3ccc(OCCCCCCCCCOC(=O)C=C)cc3)c(F)c2F)cc1. The minimum absolute atomic E-state index is 0.0151. The number of carbonyl (C=O) groups excluding carboxylic acids is 4. The highest BCUT2D eigenvalue weighted by Crippen LogP contribution is 2.32. The summed E-state index contributed by atoms with van der Waals surface area (Å²) < 4.78 is 75.7. The van der Waals surface area contributed by atoms with Crippen LogP contribution < -0.4 is 18.9 Å². The summed E-state index contributed by atoms with van der Waals surface area (Å²) in [6.45, 7) is 8.42. The van der Waals surface area contributed by atoms with E-state index in [9.17, 15) is 32.3 Å². The Bertz CT molecular complexity index is 1740. The minimum atomic E-state index is -1.84. The number of rotatable bonds is 28. The van der Waals surface area contributed by atoms with Gasteiger partial charge in [0.05, 0.1) is 37.6 Å². The lowest BCUT2D eigenvalue weighted by Crippen LogP contribution is -2.14. The Morgan fingerprint density at radius 3 is 1.26 bits per heavy atom. The Morgan fingerprint density at radius 1 is 0.491 bits per heavy atom. The topological polar surface area (TPSA) is 124 Å². The Hall–Kier alpha value is -5.59. The molecule has 0 unspecified atom stereocenters. The molecule has 0 saturated carbocycles. The van der Waals surface area contributed by atoms with E-state index in [-0.39, 0.29) is 11.1 Å². The molecule has 0 N–H and O–H groups in total. The largest absolute Gasteiger partial charge is 0.494 e. The van der Waals surface area contributed by atoms with Gasteiger partial charge >= 0.3 is 23.9 Å². The predicted octanol–water partition coefficient (Wildman–Crippen LogP) is 10.2. The van der Waals surface area contributed by atoms with Crippen molar-refractivity contribution in [2.24, 2.45) is 0 Å². The lowest BCUT2D eigenvalue weighted by molar-refractivity contribution is -0.138. The van der Waals surface area contributed by atoms with E-state index in [2.05, 4.69) is 13.2 Å². The maximum atomic E-state index is 14.9. The van der Waals surface area contributed by atoms with Crippen molar-refractivity contribution < 1.29 is 60.8 Å². The summed E-state index contributed by atoms with van der Waals surface area (Å²) in [6, 6.07) is 11.9. The fourth-order valence-electron chi connectivity index (χ4n) is 5.43. The fourth-order valence-corrected chi connectivity index (χ4v) is 5.43. The Labute approximate surface area is 331 Å². The minimum Gasteiger partial charge on any atom is -0.494 e. The second-order valence-electron chi connectivity index (χ2n) is 13.0. The highest BCUT2D eigenvalue weighted by atomic mass is 19.2. The van der Waals surface area contributed by atoms with Crippen molar-refractivity contribution in [2.45, 2.75) is 89.9 Å². The Balaban J connectivity index is 1.35. The van der Waals surface area contributed by atoms with E-state index in [1.165, 1.54) is 48.5 Å². The number of esters is 4. The average molecular weight is 797 g/mol. The van der Waals surface area contributed by atoms with E-state index in [0.29, 0.717) is 44.0 Å². The van der Waals surface area contributed by atoms with E-state index in [4.69, 9.17) is 28.4 Å².